The van der Waals surface area contributed by atoms with E-state index in [0.29, 0.717) is 5.71 Å². The van der Waals surface area contributed by atoms with Gasteiger partial charge in [-0.2, -0.15) is 10.1 Å². The molecule has 0 radical (unpaired) electrons. The van der Waals surface area contributed by atoms with Crippen LogP contribution in [-0.4, -0.2) is 11.6 Å². The molecule has 0 aromatic heterocycles. The van der Waals surface area contributed by atoms with E-state index in [2.05, 4.69) is 5.10 Å². The second kappa shape index (κ2) is 4.48. The lowest BCUT2D eigenvalue weighted by Gasteiger charge is -2.16. The van der Waals surface area contributed by atoms with Crippen molar-refractivity contribution in [2.24, 2.45) is 16.9 Å². The van der Waals surface area contributed by atoms with Gasteiger partial charge in [0, 0.05) is 11.8 Å². The summed E-state index contributed by atoms with van der Waals surface area (Å²) >= 11 is 0. The summed E-state index contributed by atoms with van der Waals surface area (Å²) in [5, 5.41) is 5.09. The summed E-state index contributed by atoms with van der Waals surface area (Å²) in [6, 6.07) is 3.08. The zero-order valence-electron chi connectivity index (χ0n) is 10.4. The van der Waals surface area contributed by atoms with Crippen LogP contribution in [0.2, 0.25) is 0 Å². The first-order chi connectivity index (χ1) is 8.41. The summed E-state index contributed by atoms with van der Waals surface area (Å²) in [5.41, 5.74) is 0.641. The Morgan fingerprint density at radius 3 is 2.50 bits per heavy atom. The molecule has 1 aromatic rings. The smallest absolute Gasteiger partial charge is 0.256 e. The minimum absolute atomic E-state index is 0.0103. The number of nitrogens with zero attached hydrogens (tertiary/aromatic N) is 2. The van der Waals surface area contributed by atoms with E-state index in [1.165, 1.54) is 6.07 Å². The van der Waals surface area contributed by atoms with Crippen molar-refractivity contribution in [3.63, 3.8) is 0 Å². The maximum absolute atomic E-state index is 13.6. The SMILES string of the molecule is CC1=NN(c2ccc(F)cc2F)C(=O)C1C(C)C. The van der Waals surface area contributed by atoms with E-state index >= 15 is 0 Å². The van der Waals surface area contributed by atoms with E-state index in [1.54, 1.807) is 6.92 Å². The fraction of sp³-hybridized carbons (Fsp3) is 0.385. The van der Waals surface area contributed by atoms with Crippen molar-refractivity contribution in [2.45, 2.75) is 20.8 Å². The maximum Gasteiger partial charge on any atom is 0.256 e. The zero-order valence-corrected chi connectivity index (χ0v) is 10.4. The number of anilines is 1. The van der Waals surface area contributed by atoms with Crippen LogP contribution in [0.4, 0.5) is 14.5 Å². The molecule has 0 bridgehead atoms. The number of carbonyl (C=O) groups is 1. The Kier molecular flexibility index (Phi) is 3.15. The molecule has 0 N–H and O–H groups in total. The van der Waals surface area contributed by atoms with Crippen LogP contribution in [0.25, 0.3) is 0 Å². The van der Waals surface area contributed by atoms with Gasteiger partial charge >= 0.3 is 0 Å². The third-order valence-electron chi connectivity index (χ3n) is 2.99. The van der Waals surface area contributed by atoms with Gasteiger partial charge in [-0.3, -0.25) is 4.79 Å². The first-order valence-corrected chi connectivity index (χ1v) is 5.76. The van der Waals surface area contributed by atoms with Crippen LogP contribution in [-0.2, 0) is 4.79 Å². The number of amides is 1. The van der Waals surface area contributed by atoms with Gasteiger partial charge in [-0.05, 0) is 25.0 Å². The predicted octanol–water partition coefficient (Wildman–Crippen LogP) is 2.96. The summed E-state index contributed by atoms with van der Waals surface area (Å²) in [5.74, 6) is -1.98. The standard InChI is InChI=1S/C13H14F2N2O/c1-7(2)12-8(3)16-17(13(12)18)11-5-4-9(14)6-10(11)15/h4-7,12H,1-3H3. The molecule has 3 nitrogen and oxygen atoms in total. The average Bonchev–Trinajstić information content (AvgIpc) is 2.54. The summed E-state index contributed by atoms with van der Waals surface area (Å²) in [6.45, 7) is 5.56. The molecule has 2 rings (SSSR count). The zero-order chi connectivity index (χ0) is 13.4. The first kappa shape index (κ1) is 12.7. The fourth-order valence-corrected chi connectivity index (χ4v) is 2.17. The van der Waals surface area contributed by atoms with E-state index < -0.39 is 11.6 Å². The van der Waals surface area contributed by atoms with Gasteiger partial charge in [-0.25, -0.2) is 8.78 Å². The Labute approximate surface area is 104 Å². The number of hydrogen-bond acceptors (Lipinski definition) is 2. The van der Waals surface area contributed by atoms with Gasteiger partial charge in [0.2, 0.25) is 0 Å². The highest BCUT2D eigenvalue weighted by atomic mass is 19.1. The number of carbonyl (C=O) groups excluding carboxylic acids is 1. The number of hydrazone groups is 1. The van der Waals surface area contributed by atoms with Gasteiger partial charge in [0.15, 0.2) is 5.82 Å². The van der Waals surface area contributed by atoms with Crippen molar-refractivity contribution in [1.29, 1.82) is 0 Å². The van der Waals surface area contributed by atoms with Crippen LogP contribution < -0.4 is 5.01 Å². The molecular formula is C13H14F2N2O. The van der Waals surface area contributed by atoms with Crippen molar-refractivity contribution in [1.82, 2.24) is 0 Å². The van der Waals surface area contributed by atoms with Crippen LogP contribution in [0.5, 0.6) is 0 Å². The topological polar surface area (TPSA) is 32.7 Å². The second-order valence-electron chi connectivity index (χ2n) is 4.71. The Bertz CT molecular complexity index is 526. The third-order valence-corrected chi connectivity index (χ3v) is 2.99. The molecule has 1 unspecified atom stereocenters. The molecule has 0 fully saturated rings. The van der Waals surface area contributed by atoms with E-state index in [-0.39, 0.29) is 23.4 Å². The molecular weight excluding hydrogens is 238 g/mol. The van der Waals surface area contributed by atoms with E-state index in [4.69, 9.17) is 0 Å². The number of rotatable bonds is 2. The molecule has 1 heterocycles. The van der Waals surface area contributed by atoms with Gasteiger partial charge in [0.25, 0.3) is 5.91 Å². The molecule has 18 heavy (non-hydrogen) atoms. The lowest BCUT2D eigenvalue weighted by molar-refractivity contribution is -0.120. The number of hydrogen-bond donors (Lipinski definition) is 0. The van der Waals surface area contributed by atoms with E-state index in [0.717, 1.165) is 17.1 Å². The van der Waals surface area contributed by atoms with Gasteiger partial charge < -0.3 is 0 Å². The highest BCUT2D eigenvalue weighted by Crippen LogP contribution is 2.29. The molecule has 1 amide bonds. The molecule has 1 aliphatic heterocycles. The molecule has 96 valence electrons. The van der Waals surface area contributed by atoms with Crippen molar-refractivity contribution >= 4 is 17.3 Å². The quantitative estimate of drug-likeness (QED) is 0.796. The van der Waals surface area contributed by atoms with E-state index in [1.807, 2.05) is 13.8 Å². The maximum atomic E-state index is 13.6. The largest absolute Gasteiger partial charge is 0.272 e. The number of halogens is 2. The fourth-order valence-electron chi connectivity index (χ4n) is 2.17. The summed E-state index contributed by atoms with van der Waals surface area (Å²) < 4.78 is 26.5. The molecule has 0 spiro atoms. The molecule has 0 saturated carbocycles. The molecule has 1 atom stereocenters. The second-order valence-corrected chi connectivity index (χ2v) is 4.71. The van der Waals surface area contributed by atoms with Gasteiger partial charge in [-0.15, -0.1) is 0 Å². The summed E-state index contributed by atoms with van der Waals surface area (Å²) in [7, 11) is 0. The Morgan fingerprint density at radius 1 is 1.33 bits per heavy atom. The van der Waals surface area contributed by atoms with Gasteiger partial charge in [0.1, 0.15) is 11.5 Å². The highest BCUT2D eigenvalue weighted by molar-refractivity contribution is 6.14. The average molecular weight is 252 g/mol. The molecule has 5 heteroatoms. The van der Waals surface area contributed by atoms with Crippen molar-refractivity contribution < 1.29 is 13.6 Å². The van der Waals surface area contributed by atoms with Crippen LogP contribution in [0.3, 0.4) is 0 Å². The Hall–Kier alpha value is -1.78. The monoisotopic (exact) mass is 252 g/mol. The molecule has 0 aliphatic carbocycles. The summed E-state index contributed by atoms with van der Waals surface area (Å²) in [6.07, 6.45) is 0. The van der Waals surface area contributed by atoms with Crippen LogP contribution in [0.1, 0.15) is 20.8 Å². The third kappa shape index (κ3) is 2.00. The Balaban J connectivity index is 2.39. The van der Waals surface area contributed by atoms with Crippen molar-refractivity contribution in [3.05, 3.63) is 29.8 Å². The van der Waals surface area contributed by atoms with Gasteiger partial charge in [-0.1, -0.05) is 13.8 Å². The summed E-state index contributed by atoms with van der Waals surface area (Å²) in [4.78, 5) is 12.1. The van der Waals surface area contributed by atoms with Crippen LogP contribution in [0.15, 0.2) is 23.3 Å². The van der Waals surface area contributed by atoms with E-state index in [9.17, 15) is 13.6 Å². The first-order valence-electron chi connectivity index (χ1n) is 5.76. The van der Waals surface area contributed by atoms with Crippen LogP contribution in [0, 0.1) is 23.5 Å². The predicted molar refractivity (Wildman–Crippen MR) is 65.3 cm³/mol. The normalized spacial score (nSPS) is 19.7. The molecule has 1 aliphatic rings. The van der Waals surface area contributed by atoms with Crippen molar-refractivity contribution in [2.75, 3.05) is 5.01 Å². The molecule has 0 saturated heterocycles. The lowest BCUT2D eigenvalue weighted by Crippen LogP contribution is -2.30. The van der Waals surface area contributed by atoms with Gasteiger partial charge in [0.05, 0.1) is 5.92 Å². The number of benzene rings is 1. The molecule has 1 aromatic carbocycles. The minimum Gasteiger partial charge on any atom is -0.272 e. The van der Waals surface area contributed by atoms with Crippen molar-refractivity contribution in [3.8, 4) is 0 Å². The highest BCUT2D eigenvalue weighted by Gasteiger charge is 2.37. The van der Waals surface area contributed by atoms with Crippen LogP contribution >= 0.6 is 0 Å². The minimum atomic E-state index is -0.788. The lowest BCUT2D eigenvalue weighted by atomic mass is 9.92. The Morgan fingerprint density at radius 2 is 2.00 bits per heavy atom.